The van der Waals surface area contributed by atoms with Gasteiger partial charge in [0.25, 0.3) is 0 Å². The van der Waals surface area contributed by atoms with Crippen LogP contribution in [0.2, 0.25) is 0 Å². The Morgan fingerprint density at radius 2 is 1.84 bits per heavy atom. The van der Waals surface area contributed by atoms with Crippen LogP contribution in [-0.4, -0.2) is 35.0 Å². The molecule has 1 saturated heterocycles. The van der Waals surface area contributed by atoms with Gasteiger partial charge >= 0.3 is 5.97 Å². The maximum absolute atomic E-state index is 12.4. The number of carbonyl (C=O) groups is 2. The quantitative estimate of drug-likeness (QED) is 0.855. The predicted octanol–water partition coefficient (Wildman–Crippen LogP) is 2.53. The summed E-state index contributed by atoms with van der Waals surface area (Å²) in [6.45, 7) is 3.95. The first kappa shape index (κ1) is 14.4. The van der Waals surface area contributed by atoms with Crippen molar-refractivity contribution in [2.24, 2.45) is 17.8 Å². The molecule has 3 atom stereocenters. The van der Waals surface area contributed by atoms with E-state index < -0.39 is 5.97 Å². The molecule has 19 heavy (non-hydrogen) atoms. The highest BCUT2D eigenvalue weighted by molar-refractivity contribution is 5.81. The third kappa shape index (κ3) is 3.48. The molecular weight excluding hydrogens is 242 g/mol. The molecule has 4 heteroatoms. The number of carbonyl (C=O) groups excluding carboxylic acids is 1. The summed E-state index contributed by atoms with van der Waals surface area (Å²) in [6.07, 6.45) is 6.59. The standard InChI is InChI=1S/C15H25NO3/c1-2-11-4-3-8-16(9-7-11)14(17)12-5-6-13(10-12)15(18)19/h11-13H,2-10H2,1H3,(H,18,19)/t11?,12-,13+/m1/s1. The number of rotatable bonds is 3. The van der Waals surface area contributed by atoms with Gasteiger partial charge in [-0.15, -0.1) is 0 Å². The van der Waals surface area contributed by atoms with Crippen molar-refractivity contribution in [3.8, 4) is 0 Å². The van der Waals surface area contributed by atoms with E-state index in [0.717, 1.165) is 38.3 Å². The molecule has 108 valence electrons. The average Bonchev–Trinajstić information content (AvgIpc) is 2.77. The third-order valence-electron chi connectivity index (χ3n) is 4.87. The molecule has 1 heterocycles. The largest absolute Gasteiger partial charge is 0.481 e. The molecule has 1 amide bonds. The van der Waals surface area contributed by atoms with Gasteiger partial charge < -0.3 is 10.0 Å². The van der Waals surface area contributed by atoms with E-state index in [1.807, 2.05) is 4.90 Å². The molecule has 2 fully saturated rings. The summed E-state index contributed by atoms with van der Waals surface area (Å²) in [5.41, 5.74) is 0. The van der Waals surface area contributed by atoms with Crippen molar-refractivity contribution < 1.29 is 14.7 Å². The highest BCUT2D eigenvalue weighted by Crippen LogP contribution is 2.33. The van der Waals surface area contributed by atoms with Crippen molar-refractivity contribution in [3.63, 3.8) is 0 Å². The number of carboxylic acid groups (broad SMARTS) is 1. The van der Waals surface area contributed by atoms with Crippen LogP contribution in [0.3, 0.4) is 0 Å². The van der Waals surface area contributed by atoms with Crippen LogP contribution in [0.15, 0.2) is 0 Å². The van der Waals surface area contributed by atoms with Crippen molar-refractivity contribution in [2.75, 3.05) is 13.1 Å². The second-order valence-electron chi connectivity index (χ2n) is 6.08. The van der Waals surface area contributed by atoms with Crippen LogP contribution in [-0.2, 0) is 9.59 Å². The van der Waals surface area contributed by atoms with Gasteiger partial charge in [0.1, 0.15) is 0 Å². The lowest BCUT2D eigenvalue weighted by Crippen LogP contribution is -2.36. The topological polar surface area (TPSA) is 57.6 Å². The summed E-state index contributed by atoms with van der Waals surface area (Å²) in [6, 6.07) is 0. The molecular formula is C15H25NO3. The maximum Gasteiger partial charge on any atom is 0.306 e. The van der Waals surface area contributed by atoms with Crippen molar-refractivity contribution in [1.29, 1.82) is 0 Å². The molecule has 1 aliphatic heterocycles. The number of carboxylic acids is 1. The van der Waals surface area contributed by atoms with Gasteiger partial charge in [-0.25, -0.2) is 0 Å². The minimum Gasteiger partial charge on any atom is -0.481 e. The van der Waals surface area contributed by atoms with Crippen LogP contribution in [0.5, 0.6) is 0 Å². The molecule has 1 N–H and O–H groups in total. The number of hydrogen-bond acceptors (Lipinski definition) is 2. The second kappa shape index (κ2) is 6.40. The molecule has 2 aliphatic rings. The molecule has 1 saturated carbocycles. The van der Waals surface area contributed by atoms with E-state index in [0.29, 0.717) is 12.8 Å². The highest BCUT2D eigenvalue weighted by atomic mass is 16.4. The number of hydrogen-bond donors (Lipinski definition) is 1. The lowest BCUT2D eigenvalue weighted by molar-refractivity contribution is -0.141. The van der Waals surface area contributed by atoms with Gasteiger partial charge in [0.15, 0.2) is 0 Å². The van der Waals surface area contributed by atoms with Crippen LogP contribution < -0.4 is 0 Å². The average molecular weight is 267 g/mol. The zero-order valence-corrected chi connectivity index (χ0v) is 11.8. The van der Waals surface area contributed by atoms with E-state index in [-0.39, 0.29) is 17.7 Å². The smallest absolute Gasteiger partial charge is 0.306 e. The highest BCUT2D eigenvalue weighted by Gasteiger charge is 2.36. The van der Waals surface area contributed by atoms with Gasteiger partial charge in [-0.2, -0.15) is 0 Å². The minimum absolute atomic E-state index is 0.0423. The molecule has 0 bridgehead atoms. The molecule has 1 aliphatic carbocycles. The van der Waals surface area contributed by atoms with E-state index in [9.17, 15) is 9.59 Å². The maximum atomic E-state index is 12.4. The zero-order valence-electron chi connectivity index (χ0n) is 11.8. The van der Waals surface area contributed by atoms with Crippen molar-refractivity contribution >= 4 is 11.9 Å². The summed E-state index contributed by atoms with van der Waals surface area (Å²) in [7, 11) is 0. The summed E-state index contributed by atoms with van der Waals surface area (Å²) in [5.74, 6) is -0.116. The molecule has 4 nitrogen and oxygen atoms in total. The van der Waals surface area contributed by atoms with Crippen LogP contribution >= 0.6 is 0 Å². The zero-order chi connectivity index (χ0) is 13.8. The fraction of sp³-hybridized carbons (Fsp3) is 0.867. The van der Waals surface area contributed by atoms with Gasteiger partial charge in [-0.1, -0.05) is 13.3 Å². The summed E-state index contributed by atoms with van der Waals surface area (Å²) in [4.78, 5) is 25.4. The first-order chi connectivity index (χ1) is 9.11. The molecule has 0 aromatic heterocycles. The van der Waals surface area contributed by atoms with Crippen LogP contribution in [0.1, 0.15) is 51.9 Å². The number of amides is 1. The lowest BCUT2D eigenvalue weighted by atomic mass is 9.98. The normalized spacial score (nSPS) is 32.1. The lowest BCUT2D eigenvalue weighted by Gasteiger charge is -2.24. The van der Waals surface area contributed by atoms with Gasteiger partial charge in [0.2, 0.25) is 5.91 Å². The SMILES string of the molecule is CCC1CCCN(C(=O)[C@@H]2CC[C@H](C(=O)O)C2)CC1. The number of likely N-dealkylation sites (tertiary alicyclic amines) is 1. The Bertz CT molecular complexity index is 342. The predicted molar refractivity (Wildman–Crippen MR) is 72.7 cm³/mol. The molecule has 0 spiro atoms. The first-order valence-corrected chi connectivity index (χ1v) is 7.63. The van der Waals surface area contributed by atoms with Crippen LogP contribution in [0.4, 0.5) is 0 Å². The van der Waals surface area contributed by atoms with Gasteiger partial charge in [0.05, 0.1) is 5.92 Å². The van der Waals surface area contributed by atoms with Crippen molar-refractivity contribution in [3.05, 3.63) is 0 Å². The fourth-order valence-electron chi connectivity index (χ4n) is 3.48. The van der Waals surface area contributed by atoms with E-state index in [4.69, 9.17) is 5.11 Å². The molecule has 0 aromatic carbocycles. The second-order valence-corrected chi connectivity index (χ2v) is 6.08. The number of nitrogens with zero attached hydrogens (tertiary/aromatic N) is 1. The van der Waals surface area contributed by atoms with E-state index in [2.05, 4.69) is 6.92 Å². The van der Waals surface area contributed by atoms with Crippen molar-refractivity contribution in [1.82, 2.24) is 4.90 Å². The Balaban J connectivity index is 1.88. The Morgan fingerprint density at radius 1 is 1.11 bits per heavy atom. The first-order valence-electron chi connectivity index (χ1n) is 7.63. The Labute approximate surface area is 115 Å². The van der Waals surface area contributed by atoms with E-state index in [1.165, 1.54) is 12.8 Å². The third-order valence-corrected chi connectivity index (χ3v) is 4.87. The minimum atomic E-state index is -0.739. The van der Waals surface area contributed by atoms with Gasteiger partial charge in [-0.05, 0) is 44.4 Å². The molecule has 0 radical (unpaired) electrons. The molecule has 0 aromatic rings. The summed E-state index contributed by atoms with van der Waals surface area (Å²) in [5, 5.41) is 9.01. The summed E-state index contributed by atoms with van der Waals surface area (Å²) >= 11 is 0. The summed E-state index contributed by atoms with van der Waals surface area (Å²) < 4.78 is 0. The van der Waals surface area contributed by atoms with Crippen LogP contribution in [0, 0.1) is 17.8 Å². The Morgan fingerprint density at radius 3 is 2.47 bits per heavy atom. The van der Waals surface area contributed by atoms with Gasteiger partial charge in [-0.3, -0.25) is 9.59 Å². The fourth-order valence-corrected chi connectivity index (χ4v) is 3.48. The van der Waals surface area contributed by atoms with Crippen LogP contribution in [0.25, 0.3) is 0 Å². The van der Waals surface area contributed by atoms with E-state index in [1.54, 1.807) is 0 Å². The molecule has 2 rings (SSSR count). The molecule has 1 unspecified atom stereocenters. The Hall–Kier alpha value is -1.06. The number of aliphatic carboxylic acids is 1. The van der Waals surface area contributed by atoms with E-state index >= 15 is 0 Å². The van der Waals surface area contributed by atoms with Gasteiger partial charge in [0, 0.05) is 19.0 Å². The monoisotopic (exact) mass is 267 g/mol. The Kier molecular flexibility index (Phi) is 4.83. The van der Waals surface area contributed by atoms with Crippen molar-refractivity contribution in [2.45, 2.75) is 51.9 Å².